The van der Waals surface area contributed by atoms with Gasteiger partial charge in [-0.1, -0.05) is 11.6 Å². The molecule has 35 heavy (non-hydrogen) atoms. The number of hydrogen-bond acceptors (Lipinski definition) is 4. The lowest BCUT2D eigenvalue weighted by atomic mass is 10.0. The second-order valence-corrected chi connectivity index (χ2v) is 9.52. The summed E-state index contributed by atoms with van der Waals surface area (Å²) in [7, 11) is 3.55. The molecule has 186 valence electrons. The second-order valence-electron chi connectivity index (χ2n) is 9.09. The largest absolute Gasteiger partial charge is 0.371 e. The molecule has 0 aliphatic carbocycles. The van der Waals surface area contributed by atoms with Gasteiger partial charge in [0.2, 0.25) is 11.8 Å². The molecule has 2 saturated heterocycles. The van der Waals surface area contributed by atoms with Gasteiger partial charge >= 0.3 is 6.03 Å². The molecule has 0 spiro atoms. The molecule has 4 rings (SSSR count). The fourth-order valence-corrected chi connectivity index (χ4v) is 4.74. The number of carbonyl (C=O) groups excluding carboxylic acids is 3. The normalized spacial score (nSPS) is 20.1. The fraction of sp³-hybridized carbons (Fsp3) is 0.400. The van der Waals surface area contributed by atoms with E-state index < -0.39 is 17.9 Å². The van der Waals surface area contributed by atoms with Gasteiger partial charge in [-0.05, 0) is 61.7 Å². The van der Waals surface area contributed by atoms with E-state index in [0.717, 1.165) is 30.4 Å². The minimum Gasteiger partial charge on any atom is -0.371 e. The first kappa shape index (κ1) is 24.8. The van der Waals surface area contributed by atoms with Crippen LogP contribution in [0.25, 0.3) is 0 Å². The molecule has 2 atom stereocenters. The summed E-state index contributed by atoms with van der Waals surface area (Å²) in [6, 6.07) is 10.3. The van der Waals surface area contributed by atoms with Crippen LogP contribution in [-0.2, 0) is 9.59 Å². The second kappa shape index (κ2) is 10.5. The van der Waals surface area contributed by atoms with Crippen LogP contribution < -0.4 is 20.4 Å². The lowest BCUT2D eigenvalue weighted by Gasteiger charge is -2.33. The molecule has 0 radical (unpaired) electrons. The minimum atomic E-state index is -0.713. The van der Waals surface area contributed by atoms with Gasteiger partial charge in [0.1, 0.15) is 11.9 Å². The van der Waals surface area contributed by atoms with Crippen LogP contribution in [0.3, 0.4) is 0 Å². The lowest BCUT2D eigenvalue weighted by Crippen LogP contribution is -2.53. The summed E-state index contributed by atoms with van der Waals surface area (Å²) in [5, 5.41) is 5.31. The number of carbonyl (C=O) groups is 3. The average molecular weight is 502 g/mol. The van der Waals surface area contributed by atoms with Crippen LogP contribution in [0.2, 0.25) is 5.02 Å². The number of amides is 4. The zero-order chi connectivity index (χ0) is 25.1. The molecule has 2 fully saturated rings. The predicted octanol–water partition coefficient (Wildman–Crippen LogP) is 3.71. The third-order valence-corrected chi connectivity index (χ3v) is 6.66. The summed E-state index contributed by atoms with van der Waals surface area (Å²) in [6.07, 6.45) is 2.03. The van der Waals surface area contributed by atoms with Crippen molar-refractivity contribution in [3.8, 4) is 0 Å². The molecule has 0 bridgehead atoms. The van der Waals surface area contributed by atoms with Crippen molar-refractivity contribution in [1.29, 1.82) is 0 Å². The first-order valence-corrected chi connectivity index (χ1v) is 12.0. The van der Waals surface area contributed by atoms with Gasteiger partial charge in [-0.3, -0.25) is 9.59 Å². The van der Waals surface area contributed by atoms with Crippen LogP contribution in [0.1, 0.15) is 19.3 Å². The Hall–Kier alpha value is -3.33. The van der Waals surface area contributed by atoms with Crippen LogP contribution in [0.5, 0.6) is 0 Å². The van der Waals surface area contributed by atoms with Crippen LogP contribution >= 0.6 is 11.6 Å². The van der Waals surface area contributed by atoms with Gasteiger partial charge < -0.3 is 25.3 Å². The van der Waals surface area contributed by atoms with Crippen molar-refractivity contribution < 1.29 is 18.8 Å². The van der Waals surface area contributed by atoms with Gasteiger partial charge in [-0.2, -0.15) is 0 Å². The maximum Gasteiger partial charge on any atom is 0.319 e. The van der Waals surface area contributed by atoms with Crippen molar-refractivity contribution in [2.45, 2.75) is 25.3 Å². The zero-order valence-electron chi connectivity index (χ0n) is 19.8. The first-order chi connectivity index (χ1) is 16.7. The molecule has 10 heteroatoms. The lowest BCUT2D eigenvalue weighted by molar-refractivity contribution is -0.132. The number of urea groups is 1. The third-order valence-electron chi connectivity index (χ3n) is 6.43. The Balaban J connectivity index is 1.36. The van der Waals surface area contributed by atoms with Crippen molar-refractivity contribution in [3.05, 3.63) is 53.3 Å². The van der Waals surface area contributed by atoms with Crippen LogP contribution in [0, 0.1) is 11.7 Å². The summed E-state index contributed by atoms with van der Waals surface area (Å²) >= 11 is 5.74. The topological polar surface area (TPSA) is 85.0 Å². The summed E-state index contributed by atoms with van der Waals surface area (Å²) in [4.78, 5) is 43.2. The molecular weight excluding hydrogens is 473 g/mol. The number of nitrogens with one attached hydrogen (secondary N) is 2. The third kappa shape index (κ3) is 5.67. The number of halogens is 2. The van der Waals surface area contributed by atoms with E-state index in [1.54, 1.807) is 23.9 Å². The van der Waals surface area contributed by atoms with Crippen molar-refractivity contribution >= 4 is 46.5 Å². The fourth-order valence-electron chi connectivity index (χ4n) is 4.58. The van der Waals surface area contributed by atoms with E-state index in [2.05, 4.69) is 15.5 Å². The molecule has 2 unspecified atom stereocenters. The molecular formula is C25H29ClFN5O3. The molecule has 0 saturated carbocycles. The Morgan fingerprint density at radius 1 is 1.06 bits per heavy atom. The Labute approximate surface area is 209 Å². The summed E-state index contributed by atoms with van der Waals surface area (Å²) in [5.41, 5.74) is 1.74. The number of rotatable bonds is 5. The monoisotopic (exact) mass is 501 g/mol. The van der Waals surface area contributed by atoms with E-state index in [1.807, 2.05) is 24.3 Å². The highest BCUT2D eigenvalue weighted by Crippen LogP contribution is 2.28. The Morgan fingerprint density at radius 3 is 2.46 bits per heavy atom. The van der Waals surface area contributed by atoms with E-state index in [1.165, 1.54) is 12.1 Å². The smallest absolute Gasteiger partial charge is 0.319 e. The van der Waals surface area contributed by atoms with E-state index in [9.17, 15) is 18.8 Å². The minimum absolute atomic E-state index is 0.00678. The molecule has 4 amide bonds. The average Bonchev–Trinajstić information content (AvgIpc) is 3.32. The Kier molecular flexibility index (Phi) is 7.45. The highest BCUT2D eigenvalue weighted by atomic mass is 35.5. The molecule has 0 aromatic heterocycles. The van der Waals surface area contributed by atoms with Crippen LogP contribution in [-0.4, -0.2) is 62.5 Å². The molecule has 8 nitrogen and oxygen atoms in total. The molecule has 2 aromatic carbocycles. The zero-order valence-corrected chi connectivity index (χ0v) is 20.5. The van der Waals surface area contributed by atoms with Gasteiger partial charge in [-0.25, -0.2) is 9.18 Å². The SMILES string of the molecule is CN(C)C(=O)C1CCN(c2ccc(N3CCCC(NC(=O)Nc4ccc(Cl)cc4F)C3=O)cc2)C1. The molecule has 2 aromatic rings. The maximum absolute atomic E-state index is 14.0. The molecule has 2 aliphatic heterocycles. The quantitative estimate of drug-likeness (QED) is 0.654. The standard InChI is InChI=1S/C25H29ClFN5O3/c1-30(2)23(33)16-11-13-31(15-16)18-6-8-19(9-7-18)32-12-3-4-22(24(32)34)29-25(35)28-21-10-5-17(26)14-20(21)27/h5-10,14,16,22H,3-4,11-13,15H2,1-2H3,(H2,28,29,35). The van der Waals surface area contributed by atoms with E-state index >= 15 is 0 Å². The van der Waals surface area contributed by atoms with Gasteiger partial charge in [0.15, 0.2) is 0 Å². The maximum atomic E-state index is 14.0. The van der Waals surface area contributed by atoms with Crippen LogP contribution in [0.4, 0.5) is 26.2 Å². The van der Waals surface area contributed by atoms with Crippen molar-refractivity contribution in [1.82, 2.24) is 10.2 Å². The van der Waals surface area contributed by atoms with Gasteiger partial charge in [-0.15, -0.1) is 0 Å². The van der Waals surface area contributed by atoms with E-state index in [-0.39, 0.29) is 28.4 Å². The number of piperidine rings is 1. The van der Waals surface area contributed by atoms with Gasteiger partial charge in [0, 0.05) is 50.1 Å². The number of hydrogen-bond donors (Lipinski definition) is 2. The number of nitrogens with zero attached hydrogens (tertiary/aromatic N) is 3. The highest BCUT2D eigenvalue weighted by molar-refractivity contribution is 6.30. The number of anilines is 3. The van der Waals surface area contributed by atoms with E-state index in [0.29, 0.717) is 25.9 Å². The van der Waals surface area contributed by atoms with Crippen LogP contribution in [0.15, 0.2) is 42.5 Å². The highest BCUT2D eigenvalue weighted by Gasteiger charge is 2.32. The summed E-state index contributed by atoms with van der Waals surface area (Å²) in [5.74, 6) is -0.731. The van der Waals surface area contributed by atoms with Gasteiger partial charge in [0.05, 0.1) is 11.6 Å². The Bertz CT molecular complexity index is 1110. The Morgan fingerprint density at radius 2 is 1.77 bits per heavy atom. The molecule has 2 N–H and O–H groups in total. The van der Waals surface area contributed by atoms with Crippen molar-refractivity contribution in [2.24, 2.45) is 5.92 Å². The van der Waals surface area contributed by atoms with Crippen molar-refractivity contribution in [2.75, 3.05) is 48.8 Å². The van der Waals surface area contributed by atoms with Crippen molar-refractivity contribution in [3.63, 3.8) is 0 Å². The summed E-state index contributed by atoms with van der Waals surface area (Å²) in [6.45, 7) is 2.03. The molecule has 2 heterocycles. The number of benzene rings is 2. The van der Waals surface area contributed by atoms with Gasteiger partial charge in [0.25, 0.3) is 0 Å². The first-order valence-electron chi connectivity index (χ1n) is 11.6. The predicted molar refractivity (Wildman–Crippen MR) is 134 cm³/mol. The molecule has 2 aliphatic rings. The summed E-state index contributed by atoms with van der Waals surface area (Å²) < 4.78 is 14.0. The van der Waals surface area contributed by atoms with E-state index in [4.69, 9.17) is 11.6 Å².